The van der Waals surface area contributed by atoms with Gasteiger partial charge in [-0.1, -0.05) is 6.07 Å². The second-order valence-corrected chi connectivity index (χ2v) is 3.70. The Morgan fingerprint density at radius 3 is 2.41 bits per heavy atom. The first-order chi connectivity index (χ1) is 8.28. The highest BCUT2D eigenvalue weighted by molar-refractivity contribution is 5.50. The molecule has 0 fully saturated rings. The highest BCUT2D eigenvalue weighted by Crippen LogP contribution is 2.34. The van der Waals surface area contributed by atoms with Gasteiger partial charge in [0.05, 0.1) is 20.8 Å². The van der Waals surface area contributed by atoms with E-state index in [1.165, 1.54) is 0 Å². The Kier molecular flexibility index (Phi) is 5.80. The third-order valence-corrected chi connectivity index (χ3v) is 2.64. The highest BCUT2D eigenvalue weighted by atomic mass is 16.5. The van der Waals surface area contributed by atoms with Crippen LogP contribution in [0.3, 0.4) is 0 Å². The Morgan fingerprint density at radius 2 is 1.88 bits per heavy atom. The van der Waals surface area contributed by atoms with Gasteiger partial charge in [-0.2, -0.15) is 0 Å². The van der Waals surface area contributed by atoms with Crippen molar-refractivity contribution < 1.29 is 19.3 Å². The van der Waals surface area contributed by atoms with Crippen LogP contribution in [0.2, 0.25) is 0 Å². The summed E-state index contributed by atoms with van der Waals surface area (Å²) in [4.78, 5) is 0. The van der Waals surface area contributed by atoms with Crippen molar-refractivity contribution in [2.24, 2.45) is 0 Å². The lowest BCUT2D eigenvalue weighted by Gasteiger charge is -2.16. The Hall–Kier alpha value is -1.26. The van der Waals surface area contributed by atoms with Gasteiger partial charge in [-0.3, -0.25) is 0 Å². The molecule has 0 radical (unpaired) electrons. The second-order valence-electron chi connectivity index (χ2n) is 3.70. The van der Waals surface area contributed by atoms with Crippen molar-refractivity contribution >= 4 is 0 Å². The van der Waals surface area contributed by atoms with Crippen LogP contribution in [0, 0.1) is 0 Å². The summed E-state index contributed by atoms with van der Waals surface area (Å²) in [7, 11) is 4.88. The smallest absolute Gasteiger partial charge is 0.166 e. The molecule has 0 spiro atoms. The SMILES string of the molecule is COCc1c(CCCO)ccc(OC)c1OC. The van der Waals surface area contributed by atoms with E-state index in [-0.39, 0.29) is 6.61 Å². The van der Waals surface area contributed by atoms with Crippen LogP contribution in [-0.4, -0.2) is 33.0 Å². The summed E-state index contributed by atoms with van der Waals surface area (Å²) >= 11 is 0. The Morgan fingerprint density at radius 1 is 1.12 bits per heavy atom. The fraction of sp³-hybridized carbons (Fsp3) is 0.538. The number of aryl methyl sites for hydroxylation is 1. The Bertz CT molecular complexity index is 350. The van der Waals surface area contributed by atoms with Crippen LogP contribution in [0.25, 0.3) is 0 Å². The summed E-state index contributed by atoms with van der Waals surface area (Å²) in [6.07, 6.45) is 1.53. The lowest BCUT2D eigenvalue weighted by molar-refractivity contribution is 0.179. The molecule has 1 N–H and O–H groups in total. The van der Waals surface area contributed by atoms with Gasteiger partial charge in [-0.15, -0.1) is 0 Å². The normalized spacial score (nSPS) is 10.4. The number of ether oxygens (including phenoxy) is 3. The molecule has 0 aliphatic heterocycles. The maximum atomic E-state index is 8.89. The highest BCUT2D eigenvalue weighted by Gasteiger charge is 2.14. The van der Waals surface area contributed by atoms with Crippen LogP contribution in [-0.2, 0) is 17.8 Å². The van der Waals surface area contributed by atoms with E-state index in [9.17, 15) is 0 Å². The lowest BCUT2D eigenvalue weighted by atomic mass is 10.0. The summed E-state index contributed by atoms with van der Waals surface area (Å²) in [6, 6.07) is 3.87. The first-order valence-electron chi connectivity index (χ1n) is 5.61. The average Bonchev–Trinajstić information content (AvgIpc) is 2.37. The molecule has 0 atom stereocenters. The van der Waals surface area contributed by atoms with Crippen molar-refractivity contribution in [1.82, 2.24) is 0 Å². The van der Waals surface area contributed by atoms with E-state index < -0.39 is 0 Å². The van der Waals surface area contributed by atoms with Gasteiger partial charge in [0.2, 0.25) is 0 Å². The number of hydrogen-bond donors (Lipinski definition) is 1. The van der Waals surface area contributed by atoms with Crippen LogP contribution >= 0.6 is 0 Å². The number of rotatable bonds is 7. The van der Waals surface area contributed by atoms with E-state index >= 15 is 0 Å². The van der Waals surface area contributed by atoms with Crippen LogP contribution in [0.1, 0.15) is 17.5 Å². The fourth-order valence-electron chi connectivity index (χ4n) is 1.84. The molecule has 17 heavy (non-hydrogen) atoms. The first kappa shape index (κ1) is 13.8. The molecule has 0 saturated carbocycles. The van der Waals surface area contributed by atoms with Gasteiger partial charge in [0.1, 0.15) is 0 Å². The molecule has 0 bridgehead atoms. The molecule has 1 rings (SSSR count). The molecular formula is C13H20O4. The second kappa shape index (κ2) is 7.14. The van der Waals surface area contributed by atoms with Gasteiger partial charge in [-0.05, 0) is 24.5 Å². The zero-order valence-electron chi connectivity index (χ0n) is 10.7. The number of benzene rings is 1. The zero-order valence-corrected chi connectivity index (χ0v) is 10.7. The van der Waals surface area contributed by atoms with Crippen molar-refractivity contribution in [3.8, 4) is 11.5 Å². The minimum absolute atomic E-state index is 0.181. The van der Waals surface area contributed by atoms with E-state index in [0.717, 1.165) is 24.0 Å². The topological polar surface area (TPSA) is 47.9 Å². The summed E-state index contributed by atoms with van der Waals surface area (Å²) in [5.74, 6) is 1.41. The van der Waals surface area contributed by atoms with Gasteiger partial charge >= 0.3 is 0 Å². The third kappa shape index (κ3) is 3.35. The molecule has 0 aromatic heterocycles. The molecule has 96 valence electrons. The number of aliphatic hydroxyl groups is 1. The lowest BCUT2D eigenvalue weighted by Crippen LogP contribution is -2.03. The van der Waals surface area contributed by atoms with E-state index in [2.05, 4.69) is 0 Å². The first-order valence-corrected chi connectivity index (χ1v) is 5.61. The minimum atomic E-state index is 0.181. The minimum Gasteiger partial charge on any atom is -0.493 e. The van der Waals surface area contributed by atoms with Crippen molar-refractivity contribution in [3.05, 3.63) is 23.3 Å². The number of aliphatic hydroxyl groups excluding tert-OH is 1. The number of hydrogen-bond acceptors (Lipinski definition) is 4. The average molecular weight is 240 g/mol. The summed E-state index contributed by atoms with van der Waals surface area (Å²) in [6.45, 7) is 0.655. The fourth-order valence-corrected chi connectivity index (χ4v) is 1.84. The molecule has 1 aromatic rings. The molecule has 0 amide bonds. The molecule has 4 heteroatoms. The van der Waals surface area contributed by atoms with Gasteiger partial charge in [-0.25, -0.2) is 0 Å². The standard InChI is InChI=1S/C13H20O4/c1-15-9-11-10(5-4-8-14)6-7-12(16-2)13(11)17-3/h6-7,14H,4-5,8-9H2,1-3H3. The van der Waals surface area contributed by atoms with E-state index in [4.69, 9.17) is 19.3 Å². The molecule has 0 aliphatic carbocycles. The van der Waals surface area contributed by atoms with Crippen molar-refractivity contribution in [1.29, 1.82) is 0 Å². The van der Waals surface area contributed by atoms with Crippen molar-refractivity contribution in [3.63, 3.8) is 0 Å². The monoisotopic (exact) mass is 240 g/mol. The molecular weight excluding hydrogens is 220 g/mol. The quantitative estimate of drug-likeness (QED) is 0.789. The van der Waals surface area contributed by atoms with Crippen molar-refractivity contribution in [2.75, 3.05) is 27.9 Å². The van der Waals surface area contributed by atoms with Crippen LogP contribution in [0.4, 0.5) is 0 Å². The predicted octanol–water partition coefficient (Wildman–Crippen LogP) is 1.78. The third-order valence-electron chi connectivity index (χ3n) is 2.64. The van der Waals surface area contributed by atoms with Gasteiger partial charge < -0.3 is 19.3 Å². The summed E-state index contributed by atoms with van der Waals surface area (Å²) < 4.78 is 15.8. The Balaban J connectivity index is 3.11. The number of methoxy groups -OCH3 is 3. The largest absolute Gasteiger partial charge is 0.493 e. The predicted molar refractivity (Wildman–Crippen MR) is 65.7 cm³/mol. The zero-order chi connectivity index (χ0) is 12.7. The molecule has 0 unspecified atom stereocenters. The Labute approximate surface area is 102 Å². The van der Waals surface area contributed by atoms with Crippen LogP contribution < -0.4 is 9.47 Å². The van der Waals surface area contributed by atoms with E-state index in [1.807, 2.05) is 12.1 Å². The van der Waals surface area contributed by atoms with Gasteiger partial charge in [0, 0.05) is 19.3 Å². The summed E-state index contributed by atoms with van der Waals surface area (Å²) in [5, 5.41) is 8.89. The molecule has 4 nitrogen and oxygen atoms in total. The molecule has 0 aliphatic rings. The van der Waals surface area contributed by atoms with Crippen LogP contribution in [0.5, 0.6) is 11.5 Å². The maximum Gasteiger partial charge on any atom is 0.166 e. The van der Waals surface area contributed by atoms with Gasteiger partial charge in [0.15, 0.2) is 11.5 Å². The summed E-state index contributed by atoms with van der Waals surface area (Å²) in [5.41, 5.74) is 2.11. The van der Waals surface area contributed by atoms with E-state index in [1.54, 1.807) is 21.3 Å². The molecule has 0 saturated heterocycles. The molecule has 0 heterocycles. The van der Waals surface area contributed by atoms with Gasteiger partial charge in [0.25, 0.3) is 0 Å². The van der Waals surface area contributed by atoms with Crippen LogP contribution in [0.15, 0.2) is 12.1 Å². The maximum absolute atomic E-state index is 8.89. The molecule has 1 aromatic carbocycles. The van der Waals surface area contributed by atoms with E-state index in [0.29, 0.717) is 18.1 Å². The van der Waals surface area contributed by atoms with Crippen molar-refractivity contribution in [2.45, 2.75) is 19.4 Å².